The van der Waals surface area contributed by atoms with E-state index in [0.29, 0.717) is 6.54 Å². The average Bonchev–Trinajstić information content (AvgIpc) is 3.03. The second kappa shape index (κ2) is 5.00. The van der Waals surface area contributed by atoms with Crippen LogP contribution >= 0.6 is 11.3 Å². The van der Waals surface area contributed by atoms with Crippen LogP contribution in [-0.4, -0.2) is 21.5 Å². The molecular formula is C14H9F3N2OS. The Balaban J connectivity index is 1.82. The van der Waals surface area contributed by atoms with Crippen LogP contribution in [0.4, 0.5) is 13.2 Å². The molecule has 108 valence electrons. The minimum absolute atomic E-state index is 0.338. The van der Waals surface area contributed by atoms with Gasteiger partial charge in [-0.05, 0) is 18.2 Å². The second-order valence-corrected chi connectivity index (χ2v) is 5.59. The lowest BCUT2D eigenvalue weighted by Gasteiger charge is -2.02. The van der Waals surface area contributed by atoms with E-state index in [1.165, 1.54) is 34.4 Å². The topological polar surface area (TPSA) is 34.9 Å². The molecule has 0 N–H and O–H groups in total. The lowest BCUT2D eigenvalue weighted by molar-refractivity contribution is -0.0885. The number of benzene rings is 1. The van der Waals surface area contributed by atoms with Crippen molar-refractivity contribution in [3.05, 3.63) is 53.3 Å². The number of hydrogen-bond acceptors (Lipinski definition) is 3. The Labute approximate surface area is 121 Å². The summed E-state index contributed by atoms with van der Waals surface area (Å²) >= 11 is 1.48. The molecule has 0 fully saturated rings. The molecule has 0 aliphatic rings. The Morgan fingerprint density at radius 1 is 1.24 bits per heavy atom. The SMILES string of the molecule is O=C(c1ccn(Cc2nc3ccccc3s2)c1)C(F)(F)F. The fourth-order valence-corrected chi connectivity index (χ4v) is 2.96. The number of hydrogen-bond donors (Lipinski definition) is 0. The van der Waals surface area contributed by atoms with Crippen LogP contribution in [0, 0.1) is 0 Å². The molecule has 2 heterocycles. The van der Waals surface area contributed by atoms with Gasteiger partial charge in [-0.25, -0.2) is 4.98 Å². The first kappa shape index (κ1) is 13.8. The molecule has 0 spiro atoms. The van der Waals surface area contributed by atoms with Gasteiger partial charge in [-0.2, -0.15) is 13.2 Å². The van der Waals surface area contributed by atoms with Gasteiger partial charge in [0.05, 0.1) is 16.8 Å². The van der Waals surface area contributed by atoms with Gasteiger partial charge < -0.3 is 4.57 Å². The van der Waals surface area contributed by atoms with E-state index in [1.807, 2.05) is 24.3 Å². The van der Waals surface area contributed by atoms with Gasteiger partial charge in [-0.15, -0.1) is 11.3 Å². The molecule has 0 amide bonds. The summed E-state index contributed by atoms with van der Waals surface area (Å²) in [4.78, 5) is 15.5. The highest BCUT2D eigenvalue weighted by Gasteiger charge is 2.39. The predicted molar refractivity (Wildman–Crippen MR) is 73.5 cm³/mol. The Bertz CT molecular complexity index is 771. The normalized spacial score (nSPS) is 12.0. The van der Waals surface area contributed by atoms with Crippen molar-refractivity contribution in [3.63, 3.8) is 0 Å². The highest BCUT2D eigenvalue weighted by molar-refractivity contribution is 7.18. The van der Waals surface area contributed by atoms with Crippen molar-refractivity contribution >= 4 is 27.3 Å². The van der Waals surface area contributed by atoms with E-state index < -0.39 is 12.0 Å². The van der Waals surface area contributed by atoms with E-state index in [0.717, 1.165) is 15.2 Å². The molecule has 0 bridgehead atoms. The van der Waals surface area contributed by atoms with Gasteiger partial charge in [0.2, 0.25) is 0 Å². The molecule has 3 aromatic rings. The van der Waals surface area contributed by atoms with Crippen LogP contribution in [0.25, 0.3) is 10.2 Å². The number of alkyl halides is 3. The number of halogens is 3. The van der Waals surface area contributed by atoms with E-state index in [9.17, 15) is 18.0 Å². The van der Waals surface area contributed by atoms with Gasteiger partial charge in [-0.3, -0.25) is 4.79 Å². The Morgan fingerprint density at radius 3 is 2.71 bits per heavy atom. The zero-order chi connectivity index (χ0) is 15.0. The first-order chi connectivity index (χ1) is 9.93. The van der Waals surface area contributed by atoms with Gasteiger partial charge in [0.15, 0.2) is 0 Å². The summed E-state index contributed by atoms with van der Waals surface area (Å²) < 4.78 is 39.6. The van der Waals surface area contributed by atoms with Crippen LogP contribution in [0.2, 0.25) is 0 Å². The van der Waals surface area contributed by atoms with E-state index >= 15 is 0 Å². The van der Waals surface area contributed by atoms with E-state index in [4.69, 9.17) is 0 Å². The quantitative estimate of drug-likeness (QED) is 0.688. The molecule has 1 aromatic carbocycles. The van der Waals surface area contributed by atoms with Crippen LogP contribution in [-0.2, 0) is 6.54 Å². The van der Waals surface area contributed by atoms with Crippen LogP contribution in [0.1, 0.15) is 15.4 Å². The number of fused-ring (bicyclic) bond motifs is 1. The second-order valence-electron chi connectivity index (χ2n) is 4.47. The number of Topliss-reactive ketones (excluding diaryl/α,β-unsaturated/α-hetero) is 1. The molecule has 0 saturated carbocycles. The molecule has 0 aliphatic heterocycles. The number of para-hydroxylation sites is 1. The van der Waals surface area contributed by atoms with Gasteiger partial charge in [0.25, 0.3) is 5.78 Å². The number of nitrogens with zero attached hydrogens (tertiary/aromatic N) is 2. The summed E-state index contributed by atoms with van der Waals surface area (Å²) in [5, 5.41) is 0.776. The molecule has 2 aromatic heterocycles. The summed E-state index contributed by atoms with van der Waals surface area (Å²) in [6.45, 7) is 0.338. The van der Waals surface area contributed by atoms with Crippen molar-refractivity contribution in [2.75, 3.05) is 0 Å². The molecule has 0 radical (unpaired) electrons. The summed E-state index contributed by atoms with van der Waals surface area (Å²) in [5.74, 6) is -1.83. The van der Waals surface area contributed by atoms with E-state index in [2.05, 4.69) is 4.98 Å². The predicted octanol–water partition coefficient (Wildman–Crippen LogP) is 3.89. The van der Waals surface area contributed by atoms with E-state index in [-0.39, 0.29) is 5.56 Å². The maximum Gasteiger partial charge on any atom is 0.454 e. The van der Waals surface area contributed by atoms with Gasteiger partial charge in [0, 0.05) is 18.0 Å². The van der Waals surface area contributed by atoms with Crippen molar-refractivity contribution in [3.8, 4) is 0 Å². The lowest BCUT2D eigenvalue weighted by atomic mass is 10.2. The third kappa shape index (κ3) is 2.82. The van der Waals surface area contributed by atoms with Crippen molar-refractivity contribution in [2.45, 2.75) is 12.7 Å². The highest BCUT2D eigenvalue weighted by atomic mass is 32.1. The third-order valence-corrected chi connectivity index (χ3v) is 3.95. The minimum Gasteiger partial charge on any atom is -0.347 e. The average molecular weight is 310 g/mol. The third-order valence-electron chi connectivity index (χ3n) is 2.93. The van der Waals surface area contributed by atoms with Crippen LogP contribution < -0.4 is 0 Å². The molecule has 0 unspecified atom stereocenters. The molecule has 3 nitrogen and oxygen atoms in total. The lowest BCUT2D eigenvalue weighted by Crippen LogP contribution is -2.22. The Kier molecular flexibility index (Phi) is 3.29. The van der Waals surface area contributed by atoms with E-state index in [1.54, 1.807) is 0 Å². The van der Waals surface area contributed by atoms with Crippen molar-refractivity contribution < 1.29 is 18.0 Å². The Hall–Kier alpha value is -2.15. The molecule has 0 saturated heterocycles. The largest absolute Gasteiger partial charge is 0.454 e. The number of carbonyl (C=O) groups excluding carboxylic acids is 1. The fourth-order valence-electron chi connectivity index (χ4n) is 1.98. The van der Waals surface area contributed by atoms with Gasteiger partial charge in [-0.1, -0.05) is 12.1 Å². The number of aromatic nitrogens is 2. The monoisotopic (exact) mass is 310 g/mol. The summed E-state index contributed by atoms with van der Waals surface area (Å²) in [6.07, 6.45) is -2.20. The molecule has 0 atom stereocenters. The van der Waals surface area contributed by atoms with Crippen molar-refractivity contribution in [2.24, 2.45) is 0 Å². The minimum atomic E-state index is -4.85. The zero-order valence-electron chi connectivity index (χ0n) is 10.6. The fraction of sp³-hybridized carbons (Fsp3) is 0.143. The van der Waals surface area contributed by atoms with Crippen molar-refractivity contribution in [1.82, 2.24) is 9.55 Å². The van der Waals surface area contributed by atoms with Gasteiger partial charge >= 0.3 is 6.18 Å². The molecule has 3 rings (SSSR count). The van der Waals surface area contributed by atoms with Gasteiger partial charge in [0.1, 0.15) is 5.01 Å². The molecule has 21 heavy (non-hydrogen) atoms. The zero-order valence-corrected chi connectivity index (χ0v) is 11.4. The summed E-state index contributed by atoms with van der Waals surface area (Å²) in [5.41, 5.74) is 0.500. The maximum absolute atomic E-state index is 12.3. The number of carbonyl (C=O) groups is 1. The maximum atomic E-state index is 12.3. The van der Waals surface area contributed by atoms with Crippen LogP contribution in [0.5, 0.6) is 0 Å². The number of thiazole rings is 1. The first-order valence-electron chi connectivity index (χ1n) is 6.05. The molecule has 7 heteroatoms. The molecule has 0 aliphatic carbocycles. The summed E-state index contributed by atoms with van der Waals surface area (Å²) in [7, 11) is 0. The number of rotatable bonds is 3. The summed E-state index contributed by atoms with van der Waals surface area (Å²) in [6, 6.07) is 8.76. The molecular weight excluding hydrogens is 301 g/mol. The van der Waals surface area contributed by atoms with Crippen LogP contribution in [0.15, 0.2) is 42.7 Å². The highest BCUT2D eigenvalue weighted by Crippen LogP contribution is 2.24. The van der Waals surface area contributed by atoms with Crippen molar-refractivity contribution in [1.29, 1.82) is 0 Å². The smallest absolute Gasteiger partial charge is 0.347 e. The Morgan fingerprint density at radius 2 is 2.00 bits per heavy atom. The number of ketones is 1. The van der Waals surface area contributed by atoms with Crippen LogP contribution in [0.3, 0.4) is 0 Å². The standard InChI is InChI=1S/C14H9F3N2OS/c15-14(16,17)13(20)9-5-6-19(7-9)8-12-18-10-3-1-2-4-11(10)21-12/h1-7H,8H2. The first-order valence-corrected chi connectivity index (χ1v) is 6.87.